The third-order valence-electron chi connectivity index (χ3n) is 2.84. The van der Waals surface area contributed by atoms with E-state index < -0.39 is 17.6 Å². The van der Waals surface area contributed by atoms with Gasteiger partial charge in [0.15, 0.2) is 0 Å². The van der Waals surface area contributed by atoms with Gasteiger partial charge in [-0.15, -0.1) is 0 Å². The van der Waals surface area contributed by atoms with Crippen molar-refractivity contribution in [3.63, 3.8) is 0 Å². The quantitative estimate of drug-likeness (QED) is 0.884. The van der Waals surface area contributed by atoms with Gasteiger partial charge in [-0.25, -0.2) is 0 Å². The van der Waals surface area contributed by atoms with Crippen molar-refractivity contribution < 1.29 is 18.0 Å². The molecular weight excluding hydrogens is 243 g/mol. The minimum Gasteiger partial charge on any atom is -0.349 e. The molecule has 0 heterocycles. The van der Waals surface area contributed by atoms with Crippen molar-refractivity contribution in [2.45, 2.75) is 33.0 Å². The Bertz CT molecular complexity index is 426. The molecule has 0 bridgehead atoms. The maximum absolute atomic E-state index is 12.7. The molecule has 1 aromatic rings. The van der Waals surface area contributed by atoms with E-state index in [1.807, 2.05) is 13.8 Å². The number of carbonyl (C=O) groups excluding carboxylic acids is 1. The molecule has 1 atom stereocenters. The van der Waals surface area contributed by atoms with Crippen LogP contribution in [0.5, 0.6) is 0 Å². The summed E-state index contributed by atoms with van der Waals surface area (Å²) in [6, 6.07) is 4.61. The minimum absolute atomic E-state index is 0.159. The van der Waals surface area contributed by atoms with Crippen molar-refractivity contribution in [2.75, 3.05) is 0 Å². The fraction of sp³-hybridized carbons (Fsp3) is 0.462. The molecule has 0 spiro atoms. The van der Waals surface area contributed by atoms with Crippen LogP contribution in [-0.4, -0.2) is 11.9 Å². The highest BCUT2D eigenvalue weighted by Gasteiger charge is 2.35. The summed E-state index contributed by atoms with van der Waals surface area (Å²) < 4.78 is 38.2. The minimum atomic E-state index is -4.52. The molecule has 2 nitrogen and oxygen atoms in total. The van der Waals surface area contributed by atoms with Gasteiger partial charge in [0, 0.05) is 6.04 Å². The number of amides is 1. The summed E-state index contributed by atoms with van der Waals surface area (Å²) >= 11 is 0. The van der Waals surface area contributed by atoms with E-state index in [2.05, 4.69) is 5.32 Å². The highest BCUT2D eigenvalue weighted by Crippen LogP contribution is 2.31. The van der Waals surface area contributed by atoms with Crippen LogP contribution in [-0.2, 0) is 6.18 Å². The molecule has 0 aliphatic rings. The number of benzene rings is 1. The largest absolute Gasteiger partial charge is 0.417 e. The van der Waals surface area contributed by atoms with Gasteiger partial charge in [-0.1, -0.05) is 26.0 Å². The lowest BCUT2D eigenvalue weighted by Crippen LogP contribution is -2.37. The summed E-state index contributed by atoms with van der Waals surface area (Å²) in [5, 5.41) is 2.57. The first-order valence-corrected chi connectivity index (χ1v) is 5.70. The number of rotatable bonds is 3. The molecule has 5 heteroatoms. The van der Waals surface area contributed by atoms with Gasteiger partial charge in [-0.2, -0.15) is 13.2 Å². The summed E-state index contributed by atoms with van der Waals surface area (Å²) in [5.41, 5.74) is -1.24. The van der Waals surface area contributed by atoms with Gasteiger partial charge in [0.2, 0.25) is 0 Å². The standard InChI is InChI=1S/C13H16F3NO/c1-8(2)9(3)17-12(18)10-6-4-5-7-11(10)13(14,15)16/h4-9H,1-3H3,(H,17,18). The van der Waals surface area contributed by atoms with Crippen molar-refractivity contribution in [1.29, 1.82) is 0 Å². The van der Waals surface area contributed by atoms with Crippen molar-refractivity contribution in [3.05, 3.63) is 35.4 Å². The van der Waals surface area contributed by atoms with Gasteiger partial charge < -0.3 is 5.32 Å². The Morgan fingerprint density at radius 2 is 1.72 bits per heavy atom. The Hall–Kier alpha value is -1.52. The molecule has 18 heavy (non-hydrogen) atoms. The molecule has 0 saturated heterocycles. The molecule has 1 rings (SSSR count). The van der Waals surface area contributed by atoms with E-state index in [0.29, 0.717) is 0 Å². The maximum Gasteiger partial charge on any atom is 0.417 e. The van der Waals surface area contributed by atoms with Crippen LogP contribution in [0.4, 0.5) is 13.2 Å². The Labute approximate surface area is 104 Å². The molecule has 1 N–H and O–H groups in total. The summed E-state index contributed by atoms with van der Waals surface area (Å²) in [4.78, 5) is 11.8. The molecule has 0 saturated carbocycles. The number of carbonyl (C=O) groups is 1. The van der Waals surface area contributed by atoms with Crippen LogP contribution in [0.15, 0.2) is 24.3 Å². The fourth-order valence-electron chi connectivity index (χ4n) is 1.38. The van der Waals surface area contributed by atoms with Crippen LogP contribution >= 0.6 is 0 Å². The summed E-state index contributed by atoms with van der Waals surface area (Å²) in [7, 11) is 0. The molecule has 0 radical (unpaired) electrons. The average Bonchev–Trinajstić information content (AvgIpc) is 2.27. The normalized spacial score (nSPS) is 13.5. The third kappa shape index (κ3) is 3.48. The Morgan fingerprint density at radius 3 is 2.22 bits per heavy atom. The summed E-state index contributed by atoms with van der Waals surface area (Å²) in [6.07, 6.45) is -4.52. The molecular formula is C13H16F3NO. The molecule has 100 valence electrons. The molecule has 0 aliphatic heterocycles. The van der Waals surface area contributed by atoms with Gasteiger partial charge in [-0.3, -0.25) is 4.79 Å². The maximum atomic E-state index is 12.7. The molecule has 1 aromatic carbocycles. The number of halogens is 3. The number of alkyl halides is 3. The Kier molecular flexibility index (Phi) is 4.38. The second kappa shape index (κ2) is 5.42. The van der Waals surface area contributed by atoms with Crippen LogP contribution in [0.2, 0.25) is 0 Å². The zero-order valence-electron chi connectivity index (χ0n) is 10.5. The van der Waals surface area contributed by atoms with Gasteiger partial charge in [-0.05, 0) is 25.0 Å². The lowest BCUT2D eigenvalue weighted by atomic mass is 10.0. The predicted molar refractivity (Wildman–Crippen MR) is 63.2 cm³/mol. The highest BCUT2D eigenvalue weighted by atomic mass is 19.4. The van der Waals surface area contributed by atoms with Crippen LogP contribution in [0.25, 0.3) is 0 Å². The first kappa shape index (κ1) is 14.5. The van der Waals surface area contributed by atoms with Crippen LogP contribution in [0.1, 0.15) is 36.7 Å². The first-order valence-electron chi connectivity index (χ1n) is 5.70. The molecule has 1 amide bonds. The molecule has 0 aliphatic carbocycles. The van der Waals surface area contributed by atoms with E-state index in [1.165, 1.54) is 18.2 Å². The van der Waals surface area contributed by atoms with Crippen molar-refractivity contribution in [3.8, 4) is 0 Å². The average molecular weight is 259 g/mol. The van der Waals surface area contributed by atoms with Crippen molar-refractivity contribution in [2.24, 2.45) is 5.92 Å². The summed E-state index contributed by atoms with van der Waals surface area (Å²) in [6.45, 7) is 5.54. The lowest BCUT2D eigenvalue weighted by Gasteiger charge is -2.19. The van der Waals surface area contributed by atoms with E-state index in [0.717, 1.165) is 6.07 Å². The van der Waals surface area contributed by atoms with Crippen LogP contribution in [0, 0.1) is 5.92 Å². The molecule has 0 fully saturated rings. The van der Waals surface area contributed by atoms with Gasteiger partial charge in [0.1, 0.15) is 0 Å². The van der Waals surface area contributed by atoms with Crippen molar-refractivity contribution in [1.82, 2.24) is 5.32 Å². The molecule has 0 aromatic heterocycles. The van der Waals surface area contributed by atoms with Gasteiger partial charge in [0.25, 0.3) is 5.91 Å². The third-order valence-corrected chi connectivity index (χ3v) is 2.84. The van der Waals surface area contributed by atoms with Crippen molar-refractivity contribution >= 4 is 5.91 Å². The second-order valence-electron chi connectivity index (χ2n) is 4.55. The number of hydrogen-bond acceptors (Lipinski definition) is 1. The monoisotopic (exact) mass is 259 g/mol. The van der Waals surface area contributed by atoms with E-state index >= 15 is 0 Å². The number of hydrogen-bond donors (Lipinski definition) is 1. The summed E-state index contributed by atoms with van der Waals surface area (Å²) in [5.74, 6) is -0.531. The van der Waals surface area contributed by atoms with Gasteiger partial charge >= 0.3 is 6.18 Å². The van der Waals surface area contributed by atoms with E-state index in [1.54, 1.807) is 6.92 Å². The first-order chi connectivity index (χ1) is 8.23. The van der Waals surface area contributed by atoms with Crippen LogP contribution in [0.3, 0.4) is 0 Å². The van der Waals surface area contributed by atoms with Crippen LogP contribution < -0.4 is 5.32 Å². The topological polar surface area (TPSA) is 29.1 Å². The van der Waals surface area contributed by atoms with E-state index in [-0.39, 0.29) is 17.5 Å². The predicted octanol–water partition coefficient (Wildman–Crippen LogP) is 3.48. The Morgan fingerprint density at radius 1 is 1.17 bits per heavy atom. The van der Waals surface area contributed by atoms with E-state index in [4.69, 9.17) is 0 Å². The lowest BCUT2D eigenvalue weighted by molar-refractivity contribution is -0.137. The fourth-order valence-corrected chi connectivity index (χ4v) is 1.38. The second-order valence-corrected chi connectivity index (χ2v) is 4.55. The van der Waals surface area contributed by atoms with E-state index in [9.17, 15) is 18.0 Å². The Balaban J connectivity index is 3.00. The highest BCUT2D eigenvalue weighted by molar-refractivity contribution is 5.96. The van der Waals surface area contributed by atoms with Gasteiger partial charge in [0.05, 0.1) is 11.1 Å². The zero-order valence-corrected chi connectivity index (χ0v) is 10.5. The SMILES string of the molecule is CC(C)C(C)NC(=O)c1ccccc1C(F)(F)F. The molecule has 1 unspecified atom stereocenters. The number of nitrogens with one attached hydrogen (secondary N) is 1. The smallest absolute Gasteiger partial charge is 0.349 e. The zero-order chi connectivity index (χ0) is 13.9.